The number of aryl methyl sites for hydroxylation is 1. The number of likely N-dealkylation sites (tertiary alicyclic amines) is 1. The number of β-amino-alcohol motifs (C(OH)–C–C–N with tert-alkyl or cyclic N) is 1. The van der Waals surface area contributed by atoms with Crippen molar-refractivity contribution < 1.29 is 55.4 Å². The number of thiazole rings is 1. The van der Waals surface area contributed by atoms with Crippen molar-refractivity contribution in [2.45, 2.75) is 63.7 Å². The molecule has 3 atom stereocenters. The number of benzene rings is 3. The number of sulfonamides is 1. The van der Waals surface area contributed by atoms with Gasteiger partial charge in [-0.2, -0.15) is 0 Å². The van der Waals surface area contributed by atoms with Crippen molar-refractivity contribution in [1.82, 2.24) is 50.4 Å². The first-order valence-corrected chi connectivity index (χ1v) is 27.0. The molecule has 6 heterocycles. The van der Waals surface area contributed by atoms with Crippen molar-refractivity contribution in [3.63, 3.8) is 0 Å². The third kappa shape index (κ3) is 12.4. The monoisotopic (exact) mass is 1120 g/mol. The maximum absolute atomic E-state index is 14.5. The standard InChI is InChI=1S/C54H53F2N11O10S2/c1-30-46(78-29-61-30)32-12-10-31(11-13-32)23-59-49(71)41-22-36(68)27-67(41)53(72)47(54(2,3)4)62-45(69)28-76-19-18-57-48(70)37-8-6-7-9-38(37)50-63-64-52(77-50)42-25-58-44-17-14-33(26-66(42)44)34-20-40(51(75-5)60-24-34)65-79(73,74)43-16-15-35(55)21-39(43)56/h6-17,20-21,24-26,29,36,41,47,65,68H,18-19,22-23,27-28H2,1-5H3,(H,57,70)(H,59,71)(H,62,69). The minimum absolute atomic E-state index is 0.0103. The van der Waals surface area contributed by atoms with E-state index in [4.69, 9.17) is 13.9 Å². The Kier molecular flexibility index (Phi) is 16.2. The molecular weight excluding hydrogens is 1060 g/mol. The summed E-state index contributed by atoms with van der Waals surface area (Å²) < 4.78 is 75.3. The van der Waals surface area contributed by atoms with Gasteiger partial charge in [0.25, 0.3) is 21.8 Å². The molecule has 5 aromatic heterocycles. The van der Waals surface area contributed by atoms with Crippen LogP contribution in [0.1, 0.15) is 48.8 Å². The summed E-state index contributed by atoms with van der Waals surface area (Å²) in [6.45, 7) is 6.85. The second-order valence-electron chi connectivity index (χ2n) is 19.5. The highest BCUT2D eigenvalue weighted by molar-refractivity contribution is 7.92. The number of hydrogen-bond acceptors (Lipinski definition) is 16. The molecule has 5 N–H and O–H groups in total. The van der Waals surface area contributed by atoms with Crippen LogP contribution in [0.2, 0.25) is 0 Å². The molecule has 0 spiro atoms. The van der Waals surface area contributed by atoms with Crippen LogP contribution in [0.15, 0.2) is 118 Å². The fraction of sp³-hybridized carbons (Fsp3) is 0.278. The summed E-state index contributed by atoms with van der Waals surface area (Å²) in [5.74, 6) is -4.35. The number of aromatic nitrogens is 6. The molecule has 8 aromatic rings. The smallest absolute Gasteiger partial charge is 0.266 e. The topological polar surface area (TPSA) is 274 Å². The second-order valence-corrected chi connectivity index (χ2v) is 22.0. The number of imidazole rings is 1. The molecule has 21 nitrogen and oxygen atoms in total. The van der Waals surface area contributed by atoms with Crippen LogP contribution in [0.4, 0.5) is 14.5 Å². The highest BCUT2D eigenvalue weighted by Crippen LogP contribution is 2.34. The quantitative estimate of drug-likeness (QED) is 0.0565. The fourth-order valence-corrected chi connectivity index (χ4v) is 10.8. The van der Waals surface area contributed by atoms with Crippen LogP contribution < -0.4 is 25.4 Å². The highest BCUT2D eigenvalue weighted by Gasteiger charge is 2.44. The average molecular weight is 1120 g/mol. The number of rotatable bonds is 19. The average Bonchev–Trinajstić information content (AvgIpc) is 4.39. The first-order chi connectivity index (χ1) is 37.8. The van der Waals surface area contributed by atoms with Crippen molar-refractivity contribution in [2.24, 2.45) is 5.41 Å². The molecule has 410 valence electrons. The molecule has 9 rings (SSSR count). The van der Waals surface area contributed by atoms with Crippen molar-refractivity contribution in [1.29, 1.82) is 0 Å². The molecule has 4 amide bonds. The zero-order valence-corrected chi connectivity index (χ0v) is 44.8. The van der Waals surface area contributed by atoms with E-state index in [9.17, 15) is 41.5 Å². The molecule has 25 heteroatoms. The molecule has 0 aliphatic carbocycles. The van der Waals surface area contributed by atoms with Gasteiger partial charge in [-0.15, -0.1) is 21.5 Å². The Balaban J connectivity index is 0.792. The van der Waals surface area contributed by atoms with Crippen molar-refractivity contribution in [2.75, 3.05) is 38.1 Å². The molecule has 1 aliphatic rings. The number of fused-ring (bicyclic) bond motifs is 1. The number of amides is 4. The van der Waals surface area contributed by atoms with Gasteiger partial charge in [0.1, 0.15) is 52.2 Å². The summed E-state index contributed by atoms with van der Waals surface area (Å²) in [5, 5.41) is 27.5. The van der Waals surface area contributed by atoms with Gasteiger partial charge in [-0.05, 0) is 65.9 Å². The van der Waals surface area contributed by atoms with Crippen LogP contribution >= 0.6 is 11.3 Å². The van der Waals surface area contributed by atoms with Gasteiger partial charge in [-0.1, -0.05) is 57.2 Å². The van der Waals surface area contributed by atoms with Crippen molar-refractivity contribution in [3.05, 3.63) is 137 Å². The maximum atomic E-state index is 14.5. The third-order valence-electron chi connectivity index (χ3n) is 12.8. The number of carbonyl (C=O) groups is 4. The molecule has 1 fully saturated rings. The van der Waals surface area contributed by atoms with E-state index in [1.807, 2.05) is 31.2 Å². The number of carbonyl (C=O) groups excluding carboxylic acids is 4. The molecule has 3 unspecified atom stereocenters. The van der Waals surface area contributed by atoms with Gasteiger partial charge in [0.05, 0.1) is 53.2 Å². The van der Waals surface area contributed by atoms with E-state index < -0.39 is 80.4 Å². The highest BCUT2D eigenvalue weighted by atomic mass is 32.2. The number of pyridine rings is 2. The van der Waals surface area contributed by atoms with Crippen LogP contribution in [0, 0.1) is 24.0 Å². The zero-order chi connectivity index (χ0) is 56.2. The summed E-state index contributed by atoms with van der Waals surface area (Å²) in [7, 11) is -3.27. The number of anilines is 1. The number of aliphatic hydroxyl groups excluding tert-OH is 1. The minimum atomic E-state index is -4.55. The number of hydrogen-bond donors (Lipinski definition) is 5. The number of halogens is 2. The Bertz CT molecular complexity index is 3700. The lowest BCUT2D eigenvalue weighted by Crippen LogP contribution is -2.58. The predicted molar refractivity (Wildman–Crippen MR) is 286 cm³/mol. The molecule has 0 bridgehead atoms. The Labute approximate surface area is 455 Å². The summed E-state index contributed by atoms with van der Waals surface area (Å²) in [4.78, 5) is 69.0. The Hall–Kier alpha value is -8.52. The van der Waals surface area contributed by atoms with E-state index in [0.717, 1.165) is 33.8 Å². The lowest BCUT2D eigenvalue weighted by molar-refractivity contribution is -0.144. The summed E-state index contributed by atoms with van der Waals surface area (Å²) in [5.41, 5.74) is 5.96. The van der Waals surface area contributed by atoms with E-state index in [-0.39, 0.29) is 61.6 Å². The van der Waals surface area contributed by atoms with Gasteiger partial charge in [0, 0.05) is 55.6 Å². The largest absolute Gasteiger partial charge is 0.480 e. The van der Waals surface area contributed by atoms with E-state index in [0.29, 0.717) is 34.1 Å². The van der Waals surface area contributed by atoms with Crippen LogP contribution in [0.25, 0.3) is 50.3 Å². The zero-order valence-electron chi connectivity index (χ0n) is 43.2. The lowest BCUT2D eigenvalue weighted by atomic mass is 9.85. The van der Waals surface area contributed by atoms with Crippen LogP contribution in [0.3, 0.4) is 0 Å². The first-order valence-electron chi connectivity index (χ1n) is 24.6. The normalized spacial score (nSPS) is 15.0. The number of nitrogens with zero attached hydrogens (tertiary/aromatic N) is 7. The lowest BCUT2D eigenvalue weighted by Gasteiger charge is -2.35. The van der Waals surface area contributed by atoms with E-state index in [1.165, 1.54) is 30.5 Å². The summed E-state index contributed by atoms with van der Waals surface area (Å²) in [6, 6.07) is 19.2. The molecule has 1 aliphatic heterocycles. The predicted octanol–water partition coefficient (Wildman–Crippen LogP) is 6.19. The Morgan fingerprint density at radius 1 is 0.911 bits per heavy atom. The molecule has 0 saturated carbocycles. The molecule has 1 saturated heterocycles. The SMILES string of the molecule is COc1ncc(-c2ccc3ncc(-c4nnc(-c5ccccc5C(=O)NCCOCC(=O)NC(C(=O)N5CC(O)CC5C(=O)NCc5ccc(-c6scnc6C)cc5)C(C)(C)C)o4)n3c2)cc1NS(=O)(=O)c1ccc(F)cc1F. The van der Waals surface area contributed by atoms with Gasteiger partial charge in [-0.25, -0.2) is 32.2 Å². The van der Waals surface area contributed by atoms with Crippen molar-refractivity contribution >= 4 is 56.3 Å². The Morgan fingerprint density at radius 2 is 1.67 bits per heavy atom. The van der Waals surface area contributed by atoms with Crippen LogP contribution in [0.5, 0.6) is 5.88 Å². The van der Waals surface area contributed by atoms with Crippen LogP contribution in [-0.4, -0.2) is 123 Å². The summed E-state index contributed by atoms with van der Waals surface area (Å²) in [6.07, 6.45) is 3.71. The molecular formula is C54H53F2N11O10S2. The fourth-order valence-electron chi connectivity index (χ4n) is 8.83. The number of methoxy groups -OCH3 is 1. The molecule has 79 heavy (non-hydrogen) atoms. The second kappa shape index (κ2) is 23.2. The maximum Gasteiger partial charge on any atom is 0.266 e. The third-order valence-corrected chi connectivity index (χ3v) is 15.2. The summed E-state index contributed by atoms with van der Waals surface area (Å²) >= 11 is 1.55. The number of nitrogens with one attached hydrogen (secondary N) is 4. The number of aliphatic hydroxyl groups is 1. The first kappa shape index (κ1) is 55.2. The van der Waals surface area contributed by atoms with Gasteiger partial charge in [-0.3, -0.25) is 28.3 Å². The molecule has 0 radical (unpaired) electrons. The van der Waals surface area contributed by atoms with Gasteiger partial charge < -0.3 is 39.8 Å². The van der Waals surface area contributed by atoms with E-state index in [2.05, 4.69) is 45.8 Å². The molecule has 3 aromatic carbocycles. The van der Waals surface area contributed by atoms with Gasteiger partial charge in [0.2, 0.25) is 29.5 Å². The minimum Gasteiger partial charge on any atom is -0.480 e. The van der Waals surface area contributed by atoms with Crippen LogP contribution in [-0.2, 0) is 35.7 Å². The number of ether oxygens (including phenoxy) is 2. The van der Waals surface area contributed by atoms with Gasteiger partial charge >= 0.3 is 0 Å². The van der Waals surface area contributed by atoms with E-state index in [1.54, 1.807) is 84.6 Å². The Morgan fingerprint density at radius 3 is 2.41 bits per heavy atom. The van der Waals surface area contributed by atoms with Crippen molar-refractivity contribution in [3.8, 4) is 50.5 Å². The van der Waals surface area contributed by atoms with Gasteiger partial charge in [0.15, 0.2) is 0 Å². The van der Waals surface area contributed by atoms with E-state index >= 15 is 0 Å².